The summed E-state index contributed by atoms with van der Waals surface area (Å²) in [5.74, 6) is 0. The van der Waals surface area contributed by atoms with Crippen LogP contribution in [0.4, 0.5) is 0 Å². The fraction of sp³-hybridized carbons (Fsp3) is 0.0270. The highest BCUT2D eigenvalue weighted by atomic mass is 35.5. The molecule has 6 aromatic carbocycles. The third-order valence-corrected chi connectivity index (χ3v) is 8.61. The average molecular weight is 503 g/mol. The molecule has 2 aliphatic carbocycles. The monoisotopic (exact) mass is 502 g/mol. The van der Waals surface area contributed by atoms with Gasteiger partial charge in [0, 0.05) is 5.02 Å². The van der Waals surface area contributed by atoms with Gasteiger partial charge in [-0.05, 0) is 78.9 Å². The highest BCUT2D eigenvalue weighted by Crippen LogP contribution is 2.64. The molecule has 0 bridgehead atoms. The van der Waals surface area contributed by atoms with Gasteiger partial charge in [-0.15, -0.1) is 0 Å². The van der Waals surface area contributed by atoms with Crippen molar-refractivity contribution in [2.45, 2.75) is 5.41 Å². The second-order valence-electron chi connectivity index (χ2n) is 10.2. The minimum absolute atomic E-state index is 0.333. The van der Waals surface area contributed by atoms with Gasteiger partial charge in [0.2, 0.25) is 0 Å². The lowest BCUT2D eigenvalue weighted by Crippen LogP contribution is -2.25. The molecule has 8 rings (SSSR count). The molecule has 0 radical (unpaired) electrons. The van der Waals surface area contributed by atoms with Gasteiger partial charge in [-0.3, -0.25) is 0 Å². The van der Waals surface area contributed by atoms with Crippen LogP contribution in [0.15, 0.2) is 140 Å². The van der Waals surface area contributed by atoms with Gasteiger partial charge in [-0.2, -0.15) is 0 Å². The van der Waals surface area contributed by atoms with Crippen molar-refractivity contribution in [3.8, 4) is 44.5 Å². The number of halogens is 1. The summed E-state index contributed by atoms with van der Waals surface area (Å²) >= 11 is 6.43. The molecule has 38 heavy (non-hydrogen) atoms. The summed E-state index contributed by atoms with van der Waals surface area (Å²) in [6.07, 6.45) is 0. The first kappa shape index (κ1) is 21.7. The van der Waals surface area contributed by atoms with Crippen LogP contribution >= 0.6 is 11.6 Å². The van der Waals surface area contributed by atoms with E-state index in [0.29, 0.717) is 0 Å². The molecule has 178 valence electrons. The topological polar surface area (TPSA) is 0 Å². The molecule has 0 aromatic heterocycles. The fourth-order valence-electron chi connectivity index (χ4n) is 6.99. The van der Waals surface area contributed by atoms with Crippen molar-refractivity contribution in [3.63, 3.8) is 0 Å². The summed E-state index contributed by atoms with van der Waals surface area (Å²) in [6, 6.07) is 50.6. The molecule has 0 saturated heterocycles. The Labute approximate surface area is 227 Å². The van der Waals surface area contributed by atoms with Gasteiger partial charge in [0.25, 0.3) is 0 Å². The van der Waals surface area contributed by atoms with Crippen LogP contribution in [0.1, 0.15) is 22.3 Å². The van der Waals surface area contributed by atoms with Gasteiger partial charge < -0.3 is 0 Å². The largest absolute Gasteiger partial charge is 0.0843 e. The van der Waals surface area contributed by atoms with E-state index in [1.165, 1.54) is 61.2 Å². The minimum Gasteiger partial charge on any atom is -0.0843 e. The van der Waals surface area contributed by atoms with Gasteiger partial charge >= 0.3 is 0 Å². The van der Waals surface area contributed by atoms with Crippen LogP contribution in [0.25, 0.3) is 44.5 Å². The zero-order valence-corrected chi connectivity index (χ0v) is 21.4. The van der Waals surface area contributed by atoms with E-state index in [4.69, 9.17) is 11.6 Å². The molecule has 0 heterocycles. The van der Waals surface area contributed by atoms with E-state index in [2.05, 4.69) is 127 Å². The molecule has 1 spiro atoms. The van der Waals surface area contributed by atoms with Gasteiger partial charge in [-0.1, -0.05) is 139 Å². The Hall–Kier alpha value is -4.39. The van der Waals surface area contributed by atoms with E-state index in [9.17, 15) is 0 Å². The number of hydrogen-bond donors (Lipinski definition) is 0. The van der Waals surface area contributed by atoms with Crippen LogP contribution in [-0.2, 0) is 5.41 Å². The Morgan fingerprint density at radius 1 is 0.368 bits per heavy atom. The summed E-state index contributed by atoms with van der Waals surface area (Å²) in [6.45, 7) is 0. The van der Waals surface area contributed by atoms with Crippen molar-refractivity contribution in [1.29, 1.82) is 0 Å². The van der Waals surface area contributed by atoms with E-state index < -0.39 is 0 Å². The lowest BCUT2D eigenvalue weighted by atomic mass is 9.70. The first-order chi connectivity index (χ1) is 18.8. The van der Waals surface area contributed by atoms with Gasteiger partial charge in [-0.25, -0.2) is 0 Å². The van der Waals surface area contributed by atoms with Gasteiger partial charge in [0.05, 0.1) is 5.41 Å². The standard InChI is InChI=1S/C37H23Cl/c38-25-12-9-11-24(23-25)26-13-1-2-14-27(26)30-18-10-22-35-36(30)31-17-5-8-21-34(31)37(35)32-19-6-3-15-28(32)29-16-4-7-20-33(29)37/h1-23H. The number of fused-ring (bicyclic) bond motifs is 10. The molecule has 0 saturated carbocycles. The minimum atomic E-state index is -0.333. The van der Waals surface area contributed by atoms with Crippen LogP contribution < -0.4 is 0 Å². The lowest BCUT2D eigenvalue weighted by molar-refractivity contribution is 0.794. The molecule has 0 aliphatic heterocycles. The smallest absolute Gasteiger partial charge is 0.0725 e. The van der Waals surface area contributed by atoms with Crippen molar-refractivity contribution in [3.05, 3.63) is 167 Å². The van der Waals surface area contributed by atoms with E-state index in [0.717, 1.165) is 10.6 Å². The summed E-state index contributed by atoms with van der Waals surface area (Å²) in [5, 5.41) is 0.749. The van der Waals surface area contributed by atoms with E-state index >= 15 is 0 Å². The molecule has 0 amide bonds. The molecule has 1 heteroatoms. The molecule has 0 fully saturated rings. The van der Waals surface area contributed by atoms with E-state index in [-0.39, 0.29) is 5.41 Å². The zero-order chi connectivity index (χ0) is 25.3. The maximum atomic E-state index is 6.43. The zero-order valence-electron chi connectivity index (χ0n) is 20.7. The molecular formula is C37H23Cl. The molecule has 0 N–H and O–H groups in total. The van der Waals surface area contributed by atoms with Crippen molar-refractivity contribution < 1.29 is 0 Å². The quantitative estimate of drug-likeness (QED) is 0.220. The Kier molecular flexibility index (Phi) is 4.59. The van der Waals surface area contributed by atoms with Crippen LogP contribution in [0.5, 0.6) is 0 Å². The SMILES string of the molecule is Clc1cccc(-c2ccccc2-c2cccc3c2-c2ccccc2C32c3ccccc3-c3ccccc32)c1. The predicted molar refractivity (Wildman–Crippen MR) is 159 cm³/mol. The van der Waals surface area contributed by atoms with Gasteiger partial charge in [0.15, 0.2) is 0 Å². The van der Waals surface area contributed by atoms with Crippen molar-refractivity contribution in [2.75, 3.05) is 0 Å². The summed E-state index contributed by atoms with van der Waals surface area (Å²) in [7, 11) is 0. The summed E-state index contributed by atoms with van der Waals surface area (Å²) in [4.78, 5) is 0. The maximum Gasteiger partial charge on any atom is 0.0725 e. The Morgan fingerprint density at radius 3 is 1.50 bits per heavy atom. The normalized spacial score (nSPS) is 13.6. The maximum absolute atomic E-state index is 6.43. The first-order valence-corrected chi connectivity index (χ1v) is 13.4. The number of rotatable bonds is 2. The molecule has 6 aromatic rings. The van der Waals surface area contributed by atoms with E-state index in [1.807, 2.05) is 12.1 Å². The fourth-order valence-corrected chi connectivity index (χ4v) is 7.18. The summed E-state index contributed by atoms with van der Waals surface area (Å²) in [5.41, 5.74) is 15.2. The molecule has 0 atom stereocenters. The highest BCUT2D eigenvalue weighted by Gasteiger charge is 2.51. The number of benzene rings is 6. The molecule has 0 unspecified atom stereocenters. The van der Waals surface area contributed by atoms with Crippen LogP contribution in [0.3, 0.4) is 0 Å². The Morgan fingerprint density at radius 2 is 0.842 bits per heavy atom. The molecular weight excluding hydrogens is 480 g/mol. The van der Waals surface area contributed by atoms with Crippen LogP contribution in [0.2, 0.25) is 5.02 Å². The Bertz CT molecular complexity index is 1850. The number of hydrogen-bond acceptors (Lipinski definition) is 0. The van der Waals surface area contributed by atoms with Crippen LogP contribution in [0, 0.1) is 0 Å². The highest BCUT2D eigenvalue weighted by molar-refractivity contribution is 6.30. The van der Waals surface area contributed by atoms with Crippen LogP contribution in [-0.4, -0.2) is 0 Å². The predicted octanol–water partition coefficient (Wildman–Crippen LogP) is 10.0. The van der Waals surface area contributed by atoms with E-state index in [1.54, 1.807) is 0 Å². The molecule has 0 nitrogen and oxygen atoms in total. The third-order valence-electron chi connectivity index (χ3n) is 8.37. The lowest BCUT2D eigenvalue weighted by Gasteiger charge is -2.30. The van der Waals surface area contributed by atoms with Crippen molar-refractivity contribution >= 4 is 11.6 Å². The van der Waals surface area contributed by atoms with Crippen molar-refractivity contribution in [1.82, 2.24) is 0 Å². The second kappa shape index (κ2) is 8.05. The average Bonchev–Trinajstić information content (AvgIpc) is 3.45. The Balaban J connectivity index is 1.49. The molecule has 2 aliphatic rings. The second-order valence-corrected chi connectivity index (χ2v) is 10.6. The first-order valence-electron chi connectivity index (χ1n) is 13.1. The van der Waals surface area contributed by atoms with Crippen molar-refractivity contribution in [2.24, 2.45) is 0 Å². The third kappa shape index (κ3) is 2.76. The van der Waals surface area contributed by atoms with Gasteiger partial charge in [0.1, 0.15) is 0 Å². The summed E-state index contributed by atoms with van der Waals surface area (Å²) < 4.78 is 0.